The second kappa shape index (κ2) is 4.56. The highest BCUT2D eigenvalue weighted by Crippen LogP contribution is 2.45. The summed E-state index contributed by atoms with van der Waals surface area (Å²) in [5, 5.41) is 0. The van der Waals surface area contributed by atoms with E-state index in [0.29, 0.717) is 6.54 Å². The van der Waals surface area contributed by atoms with Crippen molar-refractivity contribution < 1.29 is 4.74 Å². The minimum absolute atomic E-state index is 0.282. The number of ether oxygens (including phenoxy) is 1. The van der Waals surface area contributed by atoms with Crippen molar-refractivity contribution in [3.05, 3.63) is 65.4 Å². The second-order valence-electron chi connectivity index (χ2n) is 5.86. The van der Waals surface area contributed by atoms with E-state index in [1.165, 1.54) is 16.7 Å². The van der Waals surface area contributed by atoms with E-state index in [1.807, 2.05) is 6.07 Å². The van der Waals surface area contributed by atoms with Crippen LogP contribution in [0.3, 0.4) is 0 Å². The Bertz CT molecular complexity index is 692. The summed E-state index contributed by atoms with van der Waals surface area (Å²) in [6.45, 7) is 1.44. The maximum atomic E-state index is 6.43. The summed E-state index contributed by atoms with van der Waals surface area (Å²) >= 11 is 0. The molecule has 0 radical (unpaired) electrons. The van der Waals surface area contributed by atoms with E-state index < -0.39 is 0 Å². The molecule has 0 N–H and O–H groups in total. The van der Waals surface area contributed by atoms with Gasteiger partial charge in [-0.05, 0) is 23.6 Å². The van der Waals surface area contributed by atoms with Gasteiger partial charge in [0.1, 0.15) is 5.75 Å². The Morgan fingerprint density at radius 2 is 2.24 bits per heavy atom. The van der Waals surface area contributed by atoms with Crippen LogP contribution in [-0.4, -0.2) is 23.6 Å². The normalized spacial score (nSPS) is 25.6. The summed E-state index contributed by atoms with van der Waals surface area (Å²) in [4.78, 5) is 2.21. The van der Waals surface area contributed by atoms with Crippen LogP contribution in [0, 0.1) is 12.3 Å². The molecule has 1 spiro atoms. The highest BCUT2D eigenvalue weighted by Gasteiger charge is 2.46. The molecule has 1 aromatic rings. The Balaban J connectivity index is 1.78. The number of fused-ring (bicyclic) bond motifs is 3. The second-order valence-corrected chi connectivity index (χ2v) is 5.86. The molecule has 0 saturated carbocycles. The fraction of sp³-hybridized carbons (Fsp3) is 0.263. The van der Waals surface area contributed by atoms with Gasteiger partial charge in [-0.25, -0.2) is 0 Å². The molecule has 1 aromatic carbocycles. The van der Waals surface area contributed by atoms with Crippen molar-refractivity contribution in [3.63, 3.8) is 0 Å². The van der Waals surface area contributed by atoms with Crippen LogP contribution in [0.15, 0.2) is 59.8 Å². The van der Waals surface area contributed by atoms with Gasteiger partial charge in [-0.3, -0.25) is 0 Å². The molecule has 2 nitrogen and oxygen atoms in total. The summed E-state index contributed by atoms with van der Waals surface area (Å²) in [6, 6.07) is 8.33. The Morgan fingerprint density at radius 3 is 3.10 bits per heavy atom. The standard InChI is InChI=1S/C19H17NO/c1-2-11-20-13-16-8-3-5-9-17(16)19(14-20)12-15-7-4-6-10-18(15)21-19/h1,3-7,9-10,13H,8,11-12,14H2. The van der Waals surface area contributed by atoms with Gasteiger partial charge in [-0.2, -0.15) is 0 Å². The highest BCUT2D eigenvalue weighted by molar-refractivity contribution is 5.53. The van der Waals surface area contributed by atoms with Crippen LogP contribution in [0.25, 0.3) is 0 Å². The van der Waals surface area contributed by atoms with Crippen LogP contribution in [0.5, 0.6) is 5.75 Å². The van der Waals surface area contributed by atoms with Gasteiger partial charge in [0.2, 0.25) is 0 Å². The molecule has 3 aliphatic rings. The van der Waals surface area contributed by atoms with E-state index >= 15 is 0 Å². The quantitative estimate of drug-likeness (QED) is 0.730. The van der Waals surface area contributed by atoms with Gasteiger partial charge in [-0.1, -0.05) is 42.3 Å². The summed E-state index contributed by atoms with van der Waals surface area (Å²) in [5.41, 5.74) is 3.64. The van der Waals surface area contributed by atoms with Crippen LogP contribution in [0.1, 0.15) is 12.0 Å². The zero-order valence-electron chi connectivity index (χ0n) is 11.9. The van der Waals surface area contributed by atoms with Gasteiger partial charge < -0.3 is 9.64 Å². The number of benzene rings is 1. The van der Waals surface area contributed by atoms with Crippen molar-refractivity contribution >= 4 is 0 Å². The summed E-state index contributed by atoms with van der Waals surface area (Å²) in [5.74, 6) is 3.76. The molecule has 2 heterocycles. The van der Waals surface area contributed by atoms with Gasteiger partial charge in [0.25, 0.3) is 0 Å². The van der Waals surface area contributed by atoms with Crippen molar-refractivity contribution in [2.75, 3.05) is 13.1 Å². The number of rotatable bonds is 1. The van der Waals surface area contributed by atoms with Crippen LogP contribution in [0.4, 0.5) is 0 Å². The van der Waals surface area contributed by atoms with Crippen LogP contribution >= 0.6 is 0 Å². The third-order valence-corrected chi connectivity index (χ3v) is 4.42. The molecule has 4 rings (SSSR count). The predicted octanol–water partition coefficient (Wildman–Crippen LogP) is 3.08. The minimum Gasteiger partial charge on any atom is -0.480 e. The van der Waals surface area contributed by atoms with Gasteiger partial charge in [0, 0.05) is 18.2 Å². The Kier molecular flexibility index (Phi) is 2.68. The lowest BCUT2D eigenvalue weighted by molar-refractivity contribution is 0.0947. The topological polar surface area (TPSA) is 12.5 Å². The molecule has 0 fully saturated rings. The molecule has 0 aromatic heterocycles. The van der Waals surface area contributed by atoms with Crippen LogP contribution in [0.2, 0.25) is 0 Å². The number of hydrogen-bond acceptors (Lipinski definition) is 2. The zero-order chi connectivity index (χ0) is 14.3. The van der Waals surface area contributed by atoms with Crippen molar-refractivity contribution in [1.82, 2.24) is 4.90 Å². The smallest absolute Gasteiger partial charge is 0.156 e. The number of nitrogens with zero attached hydrogens (tertiary/aromatic N) is 1. The van der Waals surface area contributed by atoms with Crippen LogP contribution < -0.4 is 4.74 Å². The largest absolute Gasteiger partial charge is 0.480 e. The average molecular weight is 275 g/mol. The van der Waals surface area contributed by atoms with E-state index in [4.69, 9.17) is 11.2 Å². The first-order valence-corrected chi connectivity index (χ1v) is 7.33. The SMILES string of the molecule is C#CCN1C=C2CC=CC=C2C2(Cc3ccccc3O2)C1. The minimum atomic E-state index is -0.282. The highest BCUT2D eigenvalue weighted by atomic mass is 16.5. The Labute approximate surface area is 125 Å². The first kappa shape index (κ1) is 12.3. The maximum absolute atomic E-state index is 6.43. The third-order valence-electron chi connectivity index (χ3n) is 4.42. The van der Waals surface area contributed by atoms with Gasteiger partial charge in [-0.15, -0.1) is 6.42 Å². The molecule has 2 heteroatoms. The summed E-state index contributed by atoms with van der Waals surface area (Å²) < 4.78 is 6.43. The number of hydrogen-bond donors (Lipinski definition) is 0. The molecular weight excluding hydrogens is 258 g/mol. The molecular formula is C19H17NO. The number of para-hydroxylation sites is 1. The fourth-order valence-electron chi connectivity index (χ4n) is 3.58. The first-order valence-electron chi connectivity index (χ1n) is 7.33. The summed E-state index contributed by atoms with van der Waals surface area (Å²) in [7, 11) is 0. The summed E-state index contributed by atoms with van der Waals surface area (Å²) in [6.07, 6.45) is 16.1. The van der Waals surface area contributed by atoms with Gasteiger partial charge in [0.15, 0.2) is 5.60 Å². The van der Waals surface area contributed by atoms with Crippen molar-refractivity contribution in [2.24, 2.45) is 0 Å². The van der Waals surface area contributed by atoms with E-state index in [-0.39, 0.29) is 5.60 Å². The van der Waals surface area contributed by atoms with Crippen molar-refractivity contribution in [3.8, 4) is 18.1 Å². The zero-order valence-corrected chi connectivity index (χ0v) is 11.9. The van der Waals surface area contributed by atoms with Crippen molar-refractivity contribution in [2.45, 2.75) is 18.4 Å². The molecule has 0 saturated heterocycles. The Hall–Kier alpha value is -2.40. The van der Waals surface area contributed by atoms with E-state index in [9.17, 15) is 0 Å². The molecule has 0 bridgehead atoms. The molecule has 0 amide bonds. The van der Waals surface area contributed by atoms with Crippen LogP contribution in [-0.2, 0) is 6.42 Å². The third kappa shape index (κ3) is 1.89. The Morgan fingerprint density at radius 1 is 1.33 bits per heavy atom. The van der Waals surface area contributed by atoms with E-state index in [0.717, 1.165) is 25.1 Å². The number of terminal acetylenes is 1. The lowest BCUT2D eigenvalue weighted by Gasteiger charge is -2.41. The molecule has 1 unspecified atom stereocenters. The maximum Gasteiger partial charge on any atom is 0.156 e. The molecule has 1 aliphatic carbocycles. The molecule has 1 atom stereocenters. The first-order chi connectivity index (χ1) is 10.3. The lowest BCUT2D eigenvalue weighted by Crippen LogP contribution is -2.50. The van der Waals surface area contributed by atoms with E-state index in [1.54, 1.807) is 0 Å². The van der Waals surface area contributed by atoms with Crippen molar-refractivity contribution in [1.29, 1.82) is 0 Å². The average Bonchev–Trinajstić information content (AvgIpc) is 2.86. The molecule has 2 aliphatic heterocycles. The fourth-order valence-corrected chi connectivity index (χ4v) is 3.58. The predicted molar refractivity (Wildman–Crippen MR) is 83.8 cm³/mol. The molecule has 104 valence electrons. The van der Waals surface area contributed by atoms with Gasteiger partial charge in [0.05, 0.1) is 13.1 Å². The lowest BCUT2D eigenvalue weighted by atomic mass is 9.79. The van der Waals surface area contributed by atoms with Gasteiger partial charge >= 0.3 is 0 Å². The number of allylic oxidation sites excluding steroid dienone is 3. The monoisotopic (exact) mass is 275 g/mol. The molecule has 21 heavy (non-hydrogen) atoms. The van der Waals surface area contributed by atoms with E-state index in [2.05, 4.69) is 53.4 Å².